The second-order valence-electron chi connectivity index (χ2n) is 2.58. The van der Waals surface area contributed by atoms with Crippen LogP contribution < -0.4 is 16.2 Å². The maximum Gasteiger partial charge on any atom is 0.573 e. The Morgan fingerprint density at radius 3 is 2.53 bits per heavy atom. The summed E-state index contributed by atoms with van der Waals surface area (Å²) < 4.78 is 39.6. The Bertz CT molecular complexity index is 369. The molecule has 0 aliphatic carbocycles. The number of alkyl halides is 3. The van der Waals surface area contributed by atoms with Gasteiger partial charge in [0.25, 0.3) is 0 Å². The van der Waals surface area contributed by atoms with E-state index < -0.39 is 12.1 Å². The molecular formula is C7H7BrF3N3O. The van der Waals surface area contributed by atoms with E-state index in [4.69, 9.17) is 11.5 Å². The lowest BCUT2D eigenvalue weighted by atomic mass is 10.2. The molecule has 0 bridgehead atoms. The second kappa shape index (κ2) is 4.23. The number of pyridine rings is 1. The molecule has 4 nitrogen and oxygen atoms in total. The van der Waals surface area contributed by atoms with Crippen molar-refractivity contribution in [3.05, 3.63) is 16.2 Å². The van der Waals surface area contributed by atoms with Gasteiger partial charge < -0.3 is 16.2 Å². The highest BCUT2D eigenvalue weighted by Crippen LogP contribution is 2.33. The van der Waals surface area contributed by atoms with E-state index in [0.717, 1.165) is 0 Å². The van der Waals surface area contributed by atoms with E-state index in [2.05, 4.69) is 25.7 Å². The Hall–Kier alpha value is -1.02. The van der Waals surface area contributed by atoms with E-state index >= 15 is 0 Å². The molecule has 1 rings (SSSR count). The zero-order valence-electron chi connectivity index (χ0n) is 7.31. The third-order valence-electron chi connectivity index (χ3n) is 1.47. The van der Waals surface area contributed by atoms with Crippen LogP contribution in [-0.4, -0.2) is 11.3 Å². The molecule has 0 saturated heterocycles. The van der Waals surface area contributed by atoms with Gasteiger partial charge in [0.1, 0.15) is 5.82 Å². The number of hydrogen-bond donors (Lipinski definition) is 2. The molecule has 0 fully saturated rings. The van der Waals surface area contributed by atoms with Crippen LogP contribution in [0.2, 0.25) is 0 Å². The molecule has 0 atom stereocenters. The van der Waals surface area contributed by atoms with Crippen molar-refractivity contribution >= 4 is 21.7 Å². The smallest absolute Gasteiger partial charge is 0.403 e. The molecule has 1 aromatic rings. The molecule has 0 aromatic carbocycles. The zero-order valence-corrected chi connectivity index (χ0v) is 8.89. The topological polar surface area (TPSA) is 74.2 Å². The largest absolute Gasteiger partial charge is 0.573 e. The predicted molar refractivity (Wildman–Crippen MR) is 50.9 cm³/mol. The standard InChI is InChI=1S/C7H7BrF3N3O/c8-6-5(15-7(9,10)11)3(2-12)1-4(13)14-6/h1H,2,12H2,(H2,13,14). The molecule has 0 amide bonds. The van der Waals surface area contributed by atoms with E-state index in [1.165, 1.54) is 6.07 Å². The van der Waals surface area contributed by atoms with Crippen LogP contribution >= 0.6 is 15.9 Å². The van der Waals surface area contributed by atoms with E-state index in [9.17, 15) is 13.2 Å². The minimum absolute atomic E-state index is 0.0665. The van der Waals surface area contributed by atoms with Gasteiger partial charge in [-0.25, -0.2) is 4.98 Å². The first kappa shape index (κ1) is 12.1. The maximum atomic E-state index is 12.0. The van der Waals surface area contributed by atoms with Crippen molar-refractivity contribution in [2.75, 3.05) is 5.73 Å². The number of halogens is 4. The summed E-state index contributed by atoms with van der Waals surface area (Å²) in [6.45, 7) is -0.128. The molecule has 0 unspecified atom stereocenters. The van der Waals surface area contributed by atoms with Crippen LogP contribution in [0, 0.1) is 0 Å². The van der Waals surface area contributed by atoms with Gasteiger partial charge in [-0.3, -0.25) is 0 Å². The fourth-order valence-electron chi connectivity index (χ4n) is 0.948. The monoisotopic (exact) mass is 285 g/mol. The van der Waals surface area contributed by atoms with Crippen molar-refractivity contribution < 1.29 is 17.9 Å². The molecule has 1 heterocycles. The number of hydrogen-bond acceptors (Lipinski definition) is 4. The molecule has 84 valence electrons. The first-order valence-corrected chi connectivity index (χ1v) is 4.53. The number of nitrogens with zero attached hydrogens (tertiary/aromatic N) is 1. The quantitative estimate of drug-likeness (QED) is 0.813. The van der Waals surface area contributed by atoms with E-state index in [1.807, 2.05) is 0 Å². The summed E-state index contributed by atoms with van der Waals surface area (Å²) in [4.78, 5) is 3.58. The van der Waals surface area contributed by atoms with Crippen LogP contribution in [0.1, 0.15) is 5.56 Å². The van der Waals surface area contributed by atoms with Crippen molar-refractivity contribution in [3.8, 4) is 5.75 Å². The number of rotatable bonds is 2. The normalized spacial score (nSPS) is 11.5. The molecule has 4 N–H and O–H groups in total. The second-order valence-corrected chi connectivity index (χ2v) is 3.33. The third-order valence-corrected chi connectivity index (χ3v) is 2.00. The third kappa shape index (κ3) is 3.24. The van der Waals surface area contributed by atoms with Crippen LogP contribution in [0.25, 0.3) is 0 Å². The molecule has 0 saturated carbocycles. The average Bonchev–Trinajstić information content (AvgIpc) is 2.07. The zero-order chi connectivity index (χ0) is 11.6. The van der Waals surface area contributed by atoms with Gasteiger partial charge in [-0.2, -0.15) is 0 Å². The summed E-state index contributed by atoms with van der Waals surface area (Å²) in [6, 6.07) is 1.23. The minimum atomic E-state index is -4.79. The van der Waals surface area contributed by atoms with Crippen molar-refractivity contribution in [3.63, 3.8) is 0 Å². The Kier molecular flexibility index (Phi) is 3.40. The lowest BCUT2D eigenvalue weighted by molar-refractivity contribution is -0.275. The van der Waals surface area contributed by atoms with Crippen molar-refractivity contribution in [1.82, 2.24) is 4.98 Å². The number of ether oxygens (including phenoxy) is 1. The number of nitrogens with two attached hydrogens (primary N) is 2. The number of anilines is 1. The Labute approximate surface area is 91.5 Å². The molecule has 15 heavy (non-hydrogen) atoms. The Morgan fingerprint density at radius 1 is 1.47 bits per heavy atom. The summed E-state index contributed by atoms with van der Waals surface area (Å²) in [7, 11) is 0. The van der Waals surface area contributed by atoms with Gasteiger partial charge in [0.05, 0.1) is 0 Å². The van der Waals surface area contributed by atoms with E-state index in [0.29, 0.717) is 0 Å². The Morgan fingerprint density at radius 2 is 2.07 bits per heavy atom. The Balaban J connectivity index is 3.15. The molecule has 0 spiro atoms. The van der Waals surface area contributed by atoms with E-state index in [1.54, 1.807) is 0 Å². The summed E-state index contributed by atoms with van der Waals surface area (Å²) in [6.07, 6.45) is -4.79. The van der Waals surface area contributed by atoms with Crippen molar-refractivity contribution in [2.24, 2.45) is 5.73 Å². The lowest BCUT2D eigenvalue weighted by Crippen LogP contribution is -2.19. The predicted octanol–water partition coefficient (Wildman–Crippen LogP) is 1.78. The van der Waals surface area contributed by atoms with Crippen molar-refractivity contribution in [1.29, 1.82) is 0 Å². The van der Waals surface area contributed by atoms with Gasteiger partial charge in [-0.05, 0) is 22.0 Å². The lowest BCUT2D eigenvalue weighted by Gasteiger charge is -2.13. The van der Waals surface area contributed by atoms with Crippen molar-refractivity contribution in [2.45, 2.75) is 12.9 Å². The van der Waals surface area contributed by atoms with Gasteiger partial charge in [0, 0.05) is 12.1 Å². The SMILES string of the molecule is NCc1cc(N)nc(Br)c1OC(F)(F)F. The summed E-state index contributed by atoms with van der Waals surface area (Å²) in [5.74, 6) is -0.393. The highest BCUT2D eigenvalue weighted by molar-refractivity contribution is 9.10. The summed E-state index contributed by atoms with van der Waals surface area (Å²) in [5, 5.41) is 0. The molecule has 8 heteroatoms. The molecule has 1 aromatic heterocycles. The number of nitrogen functional groups attached to an aromatic ring is 1. The highest BCUT2D eigenvalue weighted by atomic mass is 79.9. The van der Waals surface area contributed by atoms with Gasteiger partial charge >= 0.3 is 6.36 Å². The van der Waals surface area contributed by atoms with Gasteiger partial charge in [-0.15, -0.1) is 13.2 Å². The average molecular weight is 286 g/mol. The first-order chi connectivity index (χ1) is 6.83. The van der Waals surface area contributed by atoms with E-state index in [-0.39, 0.29) is 22.5 Å². The summed E-state index contributed by atoms with van der Waals surface area (Å²) in [5.41, 5.74) is 10.7. The van der Waals surface area contributed by atoms with Crippen LogP contribution in [0.4, 0.5) is 19.0 Å². The fourth-order valence-corrected chi connectivity index (χ4v) is 1.49. The van der Waals surface area contributed by atoms with Crippen LogP contribution in [-0.2, 0) is 6.54 Å². The van der Waals surface area contributed by atoms with Gasteiger partial charge in [-0.1, -0.05) is 0 Å². The molecule has 0 radical (unpaired) electrons. The molecular weight excluding hydrogens is 279 g/mol. The van der Waals surface area contributed by atoms with Crippen LogP contribution in [0.3, 0.4) is 0 Å². The molecule has 0 aliphatic heterocycles. The summed E-state index contributed by atoms with van der Waals surface area (Å²) >= 11 is 2.82. The molecule has 0 aliphatic rings. The minimum Gasteiger partial charge on any atom is -0.403 e. The maximum absolute atomic E-state index is 12.0. The van der Waals surface area contributed by atoms with Crippen LogP contribution in [0.5, 0.6) is 5.75 Å². The highest BCUT2D eigenvalue weighted by Gasteiger charge is 2.33. The first-order valence-electron chi connectivity index (χ1n) is 3.74. The number of aromatic nitrogens is 1. The van der Waals surface area contributed by atoms with Gasteiger partial charge in [0.2, 0.25) is 0 Å². The van der Waals surface area contributed by atoms with Gasteiger partial charge in [0.15, 0.2) is 10.4 Å². The van der Waals surface area contributed by atoms with Crippen LogP contribution in [0.15, 0.2) is 10.7 Å². The fraction of sp³-hybridized carbons (Fsp3) is 0.286.